The summed E-state index contributed by atoms with van der Waals surface area (Å²) < 4.78 is 22.2. The lowest BCUT2D eigenvalue weighted by molar-refractivity contribution is -0.142. The zero-order chi connectivity index (χ0) is 29.2. The minimum Gasteiger partial charge on any atom is -0.494 e. The first-order chi connectivity index (χ1) is 19.3. The smallest absolute Gasteiger partial charge is 0.247 e. The maximum Gasteiger partial charge on any atom is 0.247 e. The summed E-state index contributed by atoms with van der Waals surface area (Å²) in [6.07, 6.45) is 3.40. The molecule has 2 aliphatic rings. The fourth-order valence-electron chi connectivity index (χ4n) is 4.74. The van der Waals surface area contributed by atoms with E-state index in [2.05, 4.69) is 12.2 Å². The molecule has 0 saturated heterocycles. The van der Waals surface area contributed by atoms with Crippen LogP contribution in [-0.2, 0) is 35.0 Å². The second kappa shape index (κ2) is 19.5. The van der Waals surface area contributed by atoms with Gasteiger partial charge >= 0.3 is 0 Å². The third-order valence-corrected chi connectivity index (χ3v) is 6.80. The van der Waals surface area contributed by atoms with Crippen LogP contribution in [0.5, 0.6) is 5.75 Å². The zero-order valence-electron chi connectivity index (χ0n) is 24.3. The highest BCUT2D eigenvalue weighted by Gasteiger charge is 2.35. The summed E-state index contributed by atoms with van der Waals surface area (Å²) in [5.41, 5.74) is 2.62. The van der Waals surface area contributed by atoms with E-state index in [-0.39, 0.29) is 24.0 Å². The summed E-state index contributed by atoms with van der Waals surface area (Å²) in [5.74, 6) is -1.66. The van der Waals surface area contributed by atoms with Gasteiger partial charge in [-0.15, -0.1) is 0 Å². The number of hydrogen-bond acceptors (Lipinski definition) is 8. The predicted octanol–water partition coefficient (Wildman–Crippen LogP) is 3.48. The molecule has 0 radical (unpaired) electrons. The Morgan fingerprint density at radius 3 is 2.33 bits per heavy atom. The van der Waals surface area contributed by atoms with E-state index >= 15 is 0 Å². The highest BCUT2D eigenvalue weighted by atomic mass is 16.5. The van der Waals surface area contributed by atoms with E-state index in [1.165, 1.54) is 0 Å². The van der Waals surface area contributed by atoms with Crippen LogP contribution in [0, 0.1) is 17.8 Å². The summed E-state index contributed by atoms with van der Waals surface area (Å²) in [4.78, 5) is 39.5. The van der Waals surface area contributed by atoms with Crippen LogP contribution in [0.25, 0.3) is 0 Å². The number of Topliss-reactive ketones (excluding diaryl/α,β-unsaturated/α-hetero) is 1. The van der Waals surface area contributed by atoms with Gasteiger partial charge in [0.25, 0.3) is 0 Å². The topological polar surface area (TPSA) is 132 Å². The molecule has 2 heterocycles. The number of carbonyl (C=O) groups excluding carboxylic acids is 3. The van der Waals surface area contributed by atoms with Gasteiger partial charge in [0.05, 0.1) is 45.0 Å². The minimum atomic E-state index is -0.749. The number of hydroxylamine groups is 1. The summed E-state index contributed by atoms with van der Waals surface area (Å²) in [6.45, 7) is 9.51. The Balaban J connectivity index is 2.02. The molecule has 1 aromatic rings. The number of fused-ring (bicyclic) bond motifs is 11. The van der Waals surface area contributed by atoms with Crippen LogP contribution < -0.4 is 15.5 Å². The van der Waals surface area contributed by atoms with Gasteiger partial charge in [-0.05, 0) is 62.1 Å². The Labute approximate surface area is 238 Å². The average Bonchev–Trinajstić information content (AvgIpc) is 2.94. The van der Waals surface area contributed by atoms with E-state index in [0.717, 1.165) is 18.6 Å². The van der Waals surface area contributed by atoms with Gasteiger partial charge in [-0.3, -0.25) is 19.6 Å². The van der Waals surface area contributed by atoms with Crippen molar-refractivity contribution in [2.75, 3.05) is 46.2 Å². The molecule has 0 saturated carbocycles. The molecule has 3 rings (SSSR count). The maximum absolute atomic E-state index is 13.6. The number of benzene rings is 1. The first-order valence-corrected chi connectivity index (χ1v) is 14.6. The largest absolute Gasteiger partial charge is 0.494 e. The molecule has 3 atom stereocenters. The number of ketones is 1. The maximum atomic E-state index is 13.6. The number of rotatable bonds is 16. The van der Waals surface area contributed by atoms with Gasteiger partial charge in [-0.1, -0.05) is 32.9 Å². The van der Waals surface area contributed by atoms with E-state index in [9.17, 15) is 19.6 Å². The zero-order valence-corrected chi connectivity index (χ0v) is 24.3. The molecule has 10 heteroatoms. The van der Waals surface area contributed by atoms with Gasteiger partial charge in [-0.2, -0.15) is 0 Å². The lowest BCUT2D eigenvalue weighted by Gasteiger charge is -2.29. The number of carbonyl (C=O) groups is 3. The fraction of sp³-hybridized carbons (Fsp3) is 0.700. The molecular formula is C30H48N2O8. The highest BCUT2D eigenvalue weighted by Crippen LogP contribution is 2.27. The van der Waals surface area contributed by atoms with Crippen molar-refractivity contribution < 1.29 is 38.5 Å². The van der Waals surface area contributed by atoms with Gasteiger partial charge in [0, 0.05) is 25.6 Å². The molecule has 3 N–H and O–H groups in total. The van der Waals surface area contributed by atoms with Crippen molar-refractivity contribution in [2.45, 2.75) is 71.8 Å². The van der Waals surface area contributed by atoms with Crippen molar-refractivity contribution in [3.63, 3.8) is 0 Å². The van der Waals surface area contributed by atoms with Crippen LogP contribution in [0.1, 0.15) is 64.9 Å². The number of amides is 2. The monoisotopic (exact) mass is 564 g/mol. The van der Waals surface area contributed by atoms with Crippen molar-refractivity contribution >= 4 is 17.6 Å². The number of nitrogens with one attached hydrogen (secondary N) is 2. The molecular weight excluding hydrogens is 516 g/mol. The van der Waals surface area contributed by atoms with Crippen molar-refractivity contribution in [2.24, 2.45) is 17.8 Å². The highest BCUT2D eigenvalue weighted by molar-refractivity contribution is 5.92. The minimum absolute atomic E-state index is 0.0971. The van der Waals surface area contributed by atoms with Crippen LogP contribution >= 0.6 is 0 Å². The lowest BCUT2D eigenvalue weighted by atomic mass is 9.81. The molecule has 2 aliphatic heterocycles. The fourth-order valence-corrected chi connectivity index (χ4v) is 4.74. The van der Waals surface area contributed by atoms with Gasteiger partial charge in [-0.25, -0.2) is 5.48 Å². The molecule has 1 aromatic carbocycles. The lowest BCUT2D eigenvalue weighted by Crippen LogP contribution is -2.49. The van der Waals surface area contributed by atoms with Crippen LogP contribution in [0.15, 0.2) is 24.3 Å². The molecule has 2 bridgehead atoms. The number of hydrogen-bond donors (Lipinski definition) is 3. The van der Waals surface area contributed by atoms with Crippen molar-refractivity contribution in [3.8, 4) is 5.75 Å². The predicted molar refractivity (Wildman–Crippen MR) is 150 cm³/mol. The SMILES string of the molecule is CCCOCCOCCOCCCC(=O)[C@@H]1Cc2ccc(cc2)OCCC[C@H](C(=O)NO)[C@@H](CC(C)C)C(=O)N1. The molecule has 40 heavy (non-hydrogen) atoms. The van der Waals surface area contributed by atoms with E-state index < -0.39 is 23.8 Å². The van der Waals surface area contributed by atoms with Crippen LogP contribution in [0.3, 0.4) is 0 Å². The third-order valence-electron chi connectivity index (χ3n) is 6.80. The molecule has 0 fully saturated rings. The van der Waals surface area contributed by atoms with Crippen LogP contribution in [0.2, 0.25) is 0 Å². The second-order valence-corrected chi connectivity index (χ2v) is 10.6. The van der Waals surface area contributed by atoms with Crippen molar-refractivity contribution in [1.82, 2.24) is 10.8 Å². The summed E-state index contributed by atoms with van der Waals surface area (Å²) in [5, 5.41) is 12.3. The molecule has 0 unspecified atom stereocenters. The van der Waals surface area contributed by atoms with E-state index in [1.54, 1.807) is 5.48 Å². The van der Waals surface area contributed by atoms with E-state index in [1.807, 2.05) is 38.1 Å². The Hall–Kier alpha value is -2.53. The molecule has 226 valence electrons. The van der Waals surface area contributed by atoms with E-state index in [0.29, 0.717) is 77.5 Å². The molecule has 10 nitrogen and oxygen atoms in total. The standard InChI is InChI=1S/C30H48N2O8/c1-4-13-37-16-18-39-19-17-38-14-6-8-28(33)27-21-23-9-11-24(12-10-23)40-15-5-7-25(30(35)32-36)26(20-22(2)3)29(34)31-27/h9-12,22,25-27,36H,4-8,13-21H2,1-3H3,(H,31,34)(H,32,35)/t25-,26+,27-/m0/s1. The summed E-state index contributed by atoms with van der Waals surface area (Å²) in [7, 11) is 0. The number of ether oxygens (including phenoxy) is 4. The van der Waals surface area contributed by atoms with E-state index in [4.69, 9.17) is 18.9 Å². The normalized spacial score (nSPS) is 20.0. The molecule has 0 spiro atoms. The quantitative estimate of drug-likeness (QED) is 0.158. The van der Waals surface area contributed by atoms with Gasteiger partial charge < -0.3 is 24.3 Å². The Bertz CT molecular complexity index is 877. The molecule has 0 aliphatic carbocycles. The molecule has 2 amide bonds. The third kappa shape index (κ3) is 12.8. The average molecular weight is 565 g/mol. The van der Waals surface area contributed by atoms with Gasteiger partial charge in [0.15, 0.2) is 5.78 Å². The van der Waals surface area contributed by atoms with Crippen LogP contribution in [-0.4, -0.2) is 75.1 Å². The summed E-state index contributed by atoms with van der Waals surface area (Å²) >= 11 is 0. The van der Waals surface area contributed by atoms with Crippen LogP contribution in [0.4, 0.5) is 0 Å². The first-order valence-electron chi connectivity index (χ1n) is 14.6. The van der Waals surface area contributed by atoms with Crippen molar-refractivity contribution in [3.05, 3.63) is 29.8 Å². The Morgan fingerprint density at radius 1 is 1.05 bits per heavy atom. The Kier molecular flexibility index (Phi) is 16.4. The molecule has 0 aromatic heterocycles. The van der Waals surface area contributed by atoms with Gasteiger partial charge in [0.1, 0.15) is 5.75 Å². The summed E-state index contributed by atoms with van der Waals surface area (Å²) in [6, 6.07) is 6.74. The Morgan fingerprint density at radius 2 is 1.70 bits per heavy atom. The first kappa shape index (κ1) is 33.7. The second-order valence-electron chi connectivity index (χ2n) is 10.6. The van der Waals surface area contributed by atoms with Crippen molar-refractivity contribution in [1.29, 1.82) is 0 Å². The van der Waals surface area contributed by atoms with Gasteiger partial charge in [0.2, 0.25) is 11.8 Å².